The maximum Gasteiger partial charge on any atom is 0.242 e. The Morgan fingerprint density at radius 1 is 1.44 bits per heavy atom. The molecule has 1 aromatic heterocycles. The van der Waals surface area contributed by atoms with Gasteiger partial charge in [-0.1, -0.05) is 13.8 Å². The summed E-state index contributed by atoms with van der Waals surface area (Å²) in [4.78, 5) is 0.215. The van der Waals surface area contributed by atoms with E-state index in [0.29, 0.717) is 18.8 Å². The lowest BCUT2D eigenvalue weighted by Crippen LogP contribution is -2.22. The molecule has 0 fully saturated rings. The van der Waals surface area contributed by atoms with E-state index in [9.17, 15) is 8.42 Å². The summed E-state index contributed by atoms with van der Waals surface area (Å²) in [5.41, 5.74) is 0.623. The van der Waals surface area contributed by atoms with Gasteiger partial charge in [0.1, 0.15) is 0 Å². The van der Waals surface area contributed by atoms with Crippen LogP contribution in [0.5, 0.6) is 0 Å². The van der Waals surface area contributed by atoms with Crippen LogP contribution in [0.1, 0.15) is 26.0 Å². The summed E-state index contributed by atoms with van der Waals surface area (Å²) in [7, 11) is -3.42. The molecule has 0 saturated carbocycles. The third-order valence-electron chi connectivity index (χ3n) is 2.23. The molecule has 92 valence electrons. The van der Waals surface area contributed by atoms with Gasteiger partial charge in [-0.15, -0.1) is 0 Å². The van der Waals surface area contributed by atoms with Gasteiger partial charge in [0.25, 0.3) is 0 Å². The average molecular weight is 246 g/mol. The van der Waals surface area contributed by atoms with Crippen LogP contribution in [0.3, 0.4) is 0 Å². The van der Waals surface area contributed by atoms with Crippen LogP contribution in [0, 0.1) is 0 Å². The van der Waals surface area contributed by atoms with Gasteiger partial charge in [0.05, 0.1) is 11.5 Å². The maximum atomic E-state index is 11.7. The van der Waals surface area contributed by atoms with E-state index in [2.05, 4.69) is 4.72 Å². The monoisotopic (exact) mass is 246 g/mol. The first-order chi connectivity index (χ1) is 7.55. The Kier molecular flexibility index (Phi) is 4.52. The Morgan fingerprint density at radius 2 is 2.12 bits per heavy atom. The first kappa shape index (κ1) is 13.2. The molecule has 0 aromatic carbocycles. The highest BCUT2D eigenvalue weighted by atomic mass is 32.2. The molecule has 0 aliphatic heterocycles. The number of hydrogen-bond acceptors (Lipinski definition) is 3. The van der Waals surface area contributed by atoms with Crippen LogP contribution in [0.2, 0.25) is 0 Å². The molecule has 0 aliphatic carbocycles. The first-order valence-electron chi connectivity index (χ1n) is 5.34. The van der Waals surface area contributed by atoms with Crippen molar-refractivity contribution in [3.63, 3.8) is 0 Å². The molecule has 16 heavy (non-hydrogen) atoms. The van der Waals surface area contributed by atoms with Crippen LogP contribution in [0.25, 0.3) is 0 Å². The van der Waals surface area contributed by atoms with Gasteiger partial charge >= 0.3 is 0 Å². The van der Waals surface area contributed by atoms with E-state index in [4.69, 9.17) is 5.11 Å². The summed E-state index contributed by atoms with van der Waals surface area (Å²) < 4.78 is 27.6. The van der Waals surface area contributed by atoms with Gasteiger partial charge in [-0.25, -0.2) is 13.1 Å². The molecule has 2 N–H and O–H groups in total. The van der Waals surface area contributed by atoms with Crippen molar-refractivity contribution in [2.24, 2.45) is 0 Å². The van der Waals surface area contributed by atoms with Gasteiger partial charge < -0.3 is 9.67 Å². The smallest absolute Gasteiger partial charge is 0.242 e. The molecule has 0 amide bonds. The van der Waals surface area contributed by atoms with Crippen molar-refractivity contribution in [3.8, 4) is 0 Å². The fourth-order valence-corrected chi connectivity index (χ4v) is 2.63. The second kappa shape index (κ2) is 5.47. The zero-order valence-electron chi connectivity index (χ0n) is 9.60. The van der Waals surface area contributed by atoms with Crippen LogP contribution in [-0.2, 0) is 23.2 Å². The van der Waals surface area contributed by atoms with E-state index in [1.165, 1.54) is 6.07 Å². The number of hydrogen-bond donors (Lipinski definition) is 2. The highest BCUT2D eigenvalue weighted by molar-refractivity contribution is 7.89. The number of aliphatic hydroxyl groups excluding tert-OH is 1. The standard InChI is InChI=1S/C10H18N2O3S/c1-3-5-12-7-10(6-9(12)8-13)16(14,15)11-4-2/h6-7,11,13H,3-5,8H2,1-2H3. The topological polar surface area (TPSA) is 71.3 Å². The Hall–Kier alpha value is -0.850. The molecule has 6 heteroatoms. The lowest BCUT2D eigenvalue weighted by Gasteiger charge is -2.03. The van der Waals surface area contributed by atoms with Crippen LogP contribution in [0.4, 0.5) is 0 Å². The van der Waals surface area contributed by atoms with E-state index in [1.54, 1.807) is 17.7 Å². The minimum absolute atomic E-state index is 0.151. The predicted octanol–water partition coefficient (Wildman–Crippen LogP) is 0.689. The SMILES string of the molecule is CCCn1cc(S(=O)(=O)NCC)cc1CO. The van der Waals surface area contributed by atoms with Gasteiger partial charge in [-0.3, -0.25) is 0 Å². The normalized spacial score (nSPS) is 11.9. The quantitative estimate of drug-likeness (QED) is 0.775. The third-order valence-corrected chi connectivity index (χ3v) is 3.74. The minimum atomic E-state index is -3.42. The first-order valence-corrected chi connectivity index (χ1v) is 6.83. The molecule has 5 nitrogen and oxygen atoms in total. The van der Waals surface area contributed by atoms with Crippen molar-refractivity contribution in [1.82, 2.24) is 9.29 Å². The summed E-state index contributed by atoms with van der Waals surface area (Å²) in [5.74, 6) is 0. The Labute approximate surface area is 96.1 Å². The number of nitrogens with one attached hydrogen (secondary N) is 1. The van der Waals surface area contributed by atoms with E-state index >= 15 is 0 Å². The second-order valence-corrected chi connectivity index (χ2v) is 5.29. The zero-order chi connectivity index (χ0) is 12.2. The third kappa shape index (κ3) is 2.84. The molecule has 0 atom stereocenters. The van der Waals surface area contributed by atoms with Crippen molar-refractivity contribution in [2.75, 3.05) is 6.54 Å². The van der Waals surface area contributed by atoms with Crippen molar-refractivity contribution < 1.29 is 13.5 Å². The molecule has 0 bridgehead atoms. The number of aliphatic hydroxyl groups is 1. The molecular weight excluding hydrogens is 228 g/mol. The summed E-state index contributed by atoms with van der Waals surface area (Å²) in [6.07, 6.45) is 2.45. The number of aromatic nitrogens is 1. The Morgan fingerprint density at radius 3 is 2.62 bits per heavy atom. The summed E-state index contributed by atoms with van der Waals surface area (Å²) in [6.45, 7) is 4.64. The molecule has 1 heterocycles. The molecule has 0 aliphatic rings. The molecule has 0 saturated heterocycles. The van der Waals surface area contributed by atoms with E-state index < -0.39 is 10.0 Å². The number of aryl methyl sites for hydroxylation is 1. The Balaban J connectivity index is 3.07. The van der Waals surface area contributed by atoms with Crippen LogP contribution in [-0.4, -0.2) is 24.6 Å². The fourth-order valence-electron chi connectivity index (χ4n) is 1.53. The Bertz CT molecular complexity index is 437. The second-order valence-electron chi connectivity index (χ2n) is 3.52. The molecular formula is C10H18N2O3S. The molecule has 1 rings (SSSR count). The van der Waals surface area contributed by atoms with Gasteiger partial charge in [0, 0.05) is 25.0 Å². The average Bonchev–Trinajstić information content (AvgIpc) is 2.62. The van der Waals surface area contributed by atoms with E-state index in [0.717, 1.165) is 6.42 Å². The van der Waals surface area contributed by atoms with Crippen molar-refractivity contribution >= 4 is 10.0 Å². The molecule has 0 radical (unpaired) electrons. The number of rotatable bonds is 6. The molecule has 1 aromatic rings. The summed E-state index contributed by atoms with van der Waals surface area (Å²) in [5, 5.41) is 9.12. The highest BCUT2D eigenvalue weighted by Crippen LogP contribution is 2.14. The van der Waals surface area contributed by atoms with Crippen molar-refractivity contribution in [2.45, 2.75) is 38.3 Å². The van der Waals surface area contributed by atoms with Gasteiger partial charge in [0.2, 0.25) is 10.0 Å². The van der Waals surface area contributed by atoms with Gasteiger partial charge in [-0.05, 0) is 12.5 Å². The van der Waals surface area contributed by atoms with Crippen molar-refractivity contribution in [1.29, 1.82) is 0 Å². The van der Waals surface area contributed by atoms with Crippen LogP contribution in [0.15, 0.2) is 17.2 Å². The summed E-state index contributed by atoms with van der Waals surface area (Å²) in [6, 6.07) is 1.51. The largest absolute Gasteiger partial charge is 0.390 e. The lowest BCUT2D eigenvalue weighted by atomic mass is 10.4. The zero-order valence-corrected chi connectivity index (χ0v) is 10.4. The molecule has 0 spiro atoms. The number of sulfonamides is 1. The molecule has 0 unspecified atom stereocenters. The van der Waals surface area contributed by atoms with Gasteiger partial charge in [-0.2, -0.15) is 0 Å². The van der Waals surface area contributed by atoms with E-state index in [-0.39, 0.29) is 11.5 Å². The predicted molar refractivity (Wildman–Crippen MR) is 61.5 cm³/mol. The fraction of sp³-hybridized carbons (Fsp3) is 0.600. The van der Waals surface area contributed by atoms with Crippen molar-refractivity contribution in [3.05, 3.63) is 18.0 Å². The van der Waals surface area contributed by atoms with Gasteiger partial charge in [0.15, 0.2) is 0 Å². The van der Waals surface area contributed by atoms with E-state index in [1.807, 2.05) is 6.92 Å². The highest BCUT2D eigenvalue weighted by Gasteiger charge is 2.16. The van der Waals surface area contributed by atoms with Crippen LogP contribution >= 0.6 is 0 Å². The number of nitrogens with zero attached hydrogens (tertiary/aromatic N) is 1. The lowest BCUT2D eigenvalue weighted by molar-refractivity contribution is 0.270. The maximum absolute atomic E-state index is 11.7. The van der Waals surface area contributed by atoms with Crippen LogP contribution < -0.4 is 4.72 Å². The minimum Gasteiger partial charge on any atom is -0.390 e. The summed E-state index contributed by atoms with van der Waals surface area (Å²) >= 11 is 0.